The van der Waals surface area contributed by atoms with Gasteiger partial charge in [-0.25, -0.2) is 0 Å². The molecular formula is C13H18N2O2. The van der Waals surface area contributed by atoms with E-state index in [9.17, 15) is 10.1 Å². The first-order valence-corrected chi connectivity index (χ1v) is 5.99. The fourth-order valence-corrected chi connectivity index (χ4v) is 2.83. The van der Waals surface area contributed by atoms with Crippen molar-refractivity contribution in [1.29, 1.82) is 0 Å². The fraction of sp³-hybridized carbons (Fsp3) is 0.538. The van der Waals surface area contributed by atoms with Crippen molar-refractivity contribution in [3.8, 4) is 0 Å². The molecule has 1 aliphatic rings. The second-order valence-electron chi connectivity index (χ2n) is 5.07. The zero-order chi connectivity index (χ0) is 12.6. The number of benzene rings is 1. The highest BCUT2D eigenvalue weighted by atomic mass is 16.6. The molecule has 1 aromatic carbocycles. The molecule has 3 unspecified atom stereocenters. The van der Waals surface area contributed by atoms with Crippen LogP contribution in [0.1, 0.15) is 38.2 Å². The first-order valence-electron chi connectivity index (χ1n) is 5.99. The highest BCUT2D eigenvalue weighted by molar-refractivity contribution is 5.45. The van der Waals surface area contributed by atoms with Crippen LogP contribution in [-0.2, 0) is 0 Å². The molecular weight excluding hydrogens is 216 g/mol. The second kappa shape index (κ2) is 4.11. The van der Waals surface area contributed by atoms with Crippen LogP contribution in [0.25, 0.3) is 0 Å². The summed E-state index contributed by atoms with van der Waals surface area (Å²) in [6, 6.07) is 7.17. The summed E-state index contributed by atoms with van der Waals surface area (Å²) in [7, 11) is 0. The molecule has 1 aromatic rings. The number of rotatable bonds is 3. The third kappa shape index (κ3) is 1.72. The largest absolute Gasteiger partial charge is 0.327 e. The summed E-state index contributed by atoms with van der Waals surface area (Å²) in [6.07, 6.45) is 1.79. The van der Waals surface area contributed by atoms with Gasteiger partial charge in [0.25, 0.3) is 5.69 Å². The lowest BCUT2D eigenvalue weighted by Gasteiger charge is -2.52. The molecule has 0 saturated heterocycles. The molecule has 2 rings (SSSR count). The van der Waals surface area contributed by atoms with Gasteiger partial charge in [-0.2, -0.15) is 0 Å². The molecule has 0 radical (unpaired) electrons. The molecule has 0 spiro atoms. The van der Waals surface area contributed by atoms with Gasteiger partial charge >= 0.3 is 0 Å². The van der Waals surface area contributed by atoms with Crippen molar-refractivity contribution in [2.24, 2.45) is 11.1 Å². The minimum atomic E-state index is -0.296. The lowest BCUT2D eigenvalue weighted by atomic mass is 9.54. The van der Waals surface area contributed by atoms with Crippen molar-refractivity contribution in [2.45, 2.75) is 38.6 Å². The number of para-hydroxylation sites is 1. The molecule has 0 aromatic heterocycles. The molecule has 4 heteroatoms. The van der Waals surface area contributed by atoms with Crippen molar-refractivity contribution in [3.63, 3.8) is 0 Å². The molecule has 0 bridgehead atoms. The SMILES string of the molecule is CCC1(C)C(N)CC1c1ccccc1[N+](=O)[O-]. The zero-order valence-electron chi connectivity index (χ0n) is 10.2. The van der Waals surface area contributed by atoms with Crippen molar-refractivity contribution in [3.05, 3.63) is 39.9 Å². The topological polar surface area (TPSA) is 69.2 Å². The summed E-state index contributed by atoms with van der Waals surface area (Å²) in [5.74, 6) is 0.212. The average Bonchev–Trinajstić information content (AvgIpc) is 2.34. The van der Waals surface area contributed by atoms with Crippen LogP contribution < -0.4 is 5.73 Å². The Bertz CT molecular complexity index is 447. The number of nitro benzene ring substituents is 1. The quantitative estimate of drug-likeness (QED) is 0.645. The first kappa shape index (κ1) is 12.0. The van der Waals surface area contributed by atoms with Gasteiger partial charge in [-0.1, -0.05) is 32.0 Å². The van der Waals surface area contributed by atoms with Crippen LogP contribution in [0.4, 0.5) is 5.69 Å². The van der Waals surface area contributed by atoms with Gasteiger partial charge in [0.2, 0.25) is 0 Å². The Morgan fingerprint density at radius 3 is 2.71 bits per heavy atom. The highest BCUT2D eigenvalue weighted by Crippen LogP contribution is 2.55. The van der Waals surface area contributed by atoms with Crippen molar-refractivity contribution in [2.75, 3.05) is 0 Å². The van der Waals surface area contributed by atoms with Crippen LogP contribution in [0.3, 0.4) is 0 Å². The number of hydrogen-bond donors (Lipinski definition) is 1. The standard InChI is InChI=1S/C13H18N2O2/c1-3-13(2)10(8-12(13)14)9-6-4-5-7-11(9)15(16)17/h4-7,10,12H,3,8,14H2,1-2H3. The molecule has 2 N–H and O–H groups in total. The maximum atomic E-state index is 11.0. The van der Waals surface area contributed by atoms with Crippen LogP contribution in [0.5, 0.6) is 0 Å². The van der Waals surface area contributed by atoms with E-state index in [2.05, 4.69) is 13.8 Å². The minimum absolute atomic E-state index is 0.00782. The number of nitrogens with two attached hydrogens (primary N) is 1. The molecule has 1 saturated carbocycles. The van der Waals surface area contributed by atoms with Crippen molar-refractivity contribution in [1.82, 2.24) is 0 Å². The molecule has 17 heavy (non-hydrogen) atoms. The summed E-state index contributed by atoms with van der Waals surface area (Å²) in [4.78, 5) is 10.7. The first-order chi connectivity index (χ1) is 8.00. The summed E-state index contributed by atoms with van der Waals surface area (Å²) in [5.41, 5.74) is 7.11. The number of hydrogen-bond acceptors (Lipinski definition) is 3. The highest BCUT2D eigenvalue weighted by Gasteiger charge is 2.50. The molecule has 0 amide bonds. The lowest BCUT2D eigenvalue weighted by molar-refractivity contribution is -0.386. The maximum Gasteiger partial charge on any atom is 0.272 e. The van der Waals surface area contributed by atoms with E-state index in [1.165, 1.54) is 0 Å². The second-order valence-corrected chi connectivity index (χ2v) is 5.07. The van der Waals surface area contributed by atoms with Gasteiger partial charge in [-0.3, -0.25) is 10.1 Å². The van der Waals surface area contributed by atoms with Crippen LogP contribution in [0, 0.1) is 15.5 Å². The molecule has 92 valence electrons. The van der Waals surface area contributed by atoms with E-state index < -0.39 is 0 Å². The van der Waals surface area contributed by atoms with E-state index in [-0.39, 0.29) is 28.0 Å². The Morgan fingerprint density at radius 2 is 2.18 bits per heavy atom. The fourth-order valence-electron chi connectivity index (χ4n) is 2.83. The summed E-state index contributed by atoms with van der Waals surface area (Å²) >= 11 is 0. The maximum absolute atomic E-state index is 11.0. The van der Waals surface area contributed by atoms with Crippen LogP contribution >= 0.6 is 0 Å². The van der Waals surface area contributed by atoms with E-state index in [4.69, 9.17) is 5.73 Å². The predicted molar refractivity (Wildman–Crippen MR) is 66.8 cm³/mol. The predicted octanol–water partition coefficient (Wildman–Crippen LogP) is 2.83. The van der Waals surface area contributed by atoms with E-state index in [1.54, 1.807) is 12.1 Å². The van der Waals surface area contributed by atoms with E-state index in [0.29, 0.717) is 0 Å². The zero-order valence-corrected chi connectivity index (χ0v) is 10.2. The summed E-state index contributed by atoms with van der Waals surface area (Å²) < 4.78 is 0. The monoisotopic (exact) mass is 234 g/mol. The summed E-state index contributed by atoms with van der Waals surface area (Å²) in [6.45, 7) is 4.23. The van der Waals surface area contributed by atoms with Crippen molar-refractivity contribution >= 4 is 5.69 Å². The van der Waals surface area contributed by atoms with Crippen LogP contribution in [0.15, 0.2) is 24.3 Å². The molecule has 3 atom stereocenters. The smallest absolute Gasteiger partial charge is 0.272 e. The third-order valence-electron chi connectivity index (χ3n) is 4.40. The van der Waals surface area contributed by atoms with Crippen molar-refractivity contribution < 1.29 is 4.92 Å². The van der Waals surface area contributed by atoms with Gasteiger partial charge < -0.3 is 5.73 Å². The minimum Gasteiger partial charge on any atom is -0.327 e. The number of nitrogens with zero attached hydrogens (tertiary/aromatic N) is 1. The Morgan fingerprint density at radius 1 is 1.53 bits per heavy atom. The molecule has 1 aliphatic carbocycles. The Labute approximate surface area is 101 Å². The number of nitro groups is 1. The Hall–Kier alpha value is -1.42. The lowest BCUT2D eigenvalue weighted by Crippen LogP contribution is -2.54. The van der Waals surface area contributed by atoms with Crippen LogP contribution in [0.2, 0.25) is 0 Å². The van der Waals surface area contributed by atoms with Gasteiger partial charge in [0.1, 0.15) is 0 Å². The van der Waals surface area contributed by atoms with Gasteiger partial charge in [-0.15, -0.1) is 0 Å². The Balaban J connectivity index is 2.39. The van der Waals surface area contributed by atoms with E-state index in [0.717, 1.165) is 18.4 Å². The van der Waals surface area contributed by atoms with Gasteiger partial charge in [0, 0.05) is 17.7 Å². The van der Waals surface area contributed by atoms with E-state index >= 15 is 0 Å². The average molecular weight is 234 g/mol. The summed E-state index contributed by atoms with van der Waals surface area (Å²) in [5, 5.41) is 11.0. The molecule has 0 heterocycles. The van der Waals surface area contributed by atoms with Gasteiger partial charge in [-0.05, 0) is 24.2 Å². The van der Waals surface area contributed by atoms with Gasteiger partial charge in [0.05, 0.1) is 4.92 Å². The normalized spacial score (nSPS) is 31.9. The third-order valence-corrected chi connectivity index (χ3v) is 4.40. The van der Waals surface area contributed by atoms with Gasteiger partial charge in [0.15, 0.2) is 0 Å². The van der Waals surface area contributed by atoms with Crippen LogP contribution in [-0.4, -0.2) is 11.0 Å². The Kier molecular flexibility index (Phi) is 2.91. The molecule has 4 nitrogen and oxygen atoms in total. The van der Waals surface area contributed by atoms with E-state index in [1.807, 2.05) is 12.1 Å². The molecule has 1 fully saturated rings. The molecule has 0 aliphatic heterocycles.